The number of carboxylic acids is 1. The molecule has 0 radical (unpaired) electrons. The highest BCUT2D eigenvalue weighted by molar-refractivity contribution is 7.89. The van der Waals surface area contributed by atoms with Crippen molar-refractivity contribution in [1.82, 2.24) is 9.62 Å². The Labute approximate surface area is 160 Å². The van der Waals surface area contributed by atoms with E-state index in [9.17, 15) is 23.1 Å². The second kappa shape index (κ2) is 9.32. The molecule has 2 rings (SSSR count). The first-order chi connectivity index (χ1) is 12.8. The number of carbonyl (C=O) groups excluding carboxylic acids is 1. The van der Waals surface area contributed by atoms with E-state index in [2.05, 4.69) is 5.32 Å². The molecule has 1 aromatic carbocycles. The quantitative estimate of drug-likeness (QED) is 0.665. The fourth-order valence-electron chi connectivity index (χ4n) is 3.09. The molecule has 0 aliphatic carbocycles. The van der Waals surface area contributed by atoms with Crippen molar-refractivity contribution in [3.05, 3.63) is 29.8 Å². The van der Waals surface area contributed by atoms with Crippen LogP contribution >= 0.6 is 0 Å². The molecule has 7 nitrogen and oxygen atoms in total. The number of nitrogens with one attached hydrogen (secondary N) is 1. The van der Waals surface area contributed by atoms with Gasteiger partial charge in [0.1, 0.15) is 6.04 Å². The van der Waals surface area contributed by atoms with E-state index in [0.29, 0.717) is 25.9 Å². The Kier molecular flexibility index (Phi) is 7.38. The third-order valence-electron chi connectivity index (χ3n) is 5.06. The SMILES string of the molecule is CC[C@H](C)[C@H](NC(=O)CCc1ccc(S(=O)(=O)N2CCCC2)cc1)C(=O)O. The highest BCUT2D eigenvalue weighted by Gasteiger charge is 2.27. The number of hydrogen-bond acceptors (Lipinski definition) is 4. The fourth-order valence-corrected chi connectivity index (χ4v) is 4.61. The minimum Gasteiger partial charge on any atom is -0.480 e. The van der Waals surface area contributed by atoms with Crippen molar-refractivity contribution in [3.63, 3.8) is 0 Å². The van der Waals surface area contributed by atoms with E-state index in [1.165, 1.54) is 4.31 Å². The van der Waals surface area contributed by atoms with Gasteiger partial charge in [-0.05, 0) is 42.9 Å². The van der Waals surface area contributed by atoms with Crippen LogP contribution < -0.4 is 5.32 Å². The first-order valence-corrected chi connectivity index (χ1v) is 10.8. The van der Waals surface area contributed by atoms with Crippen molar-refractivity contribution in [1.29, 1.82) is 0 Å². The standard InChI is InChI=1S/C19H28N2O5S/c1-3-14(2)18(19(23)24)20-17(22)11-8-15-6-9-16(10-7-15)27(25,26)21-12-4-5-13-21/h6-7,9-10,14,18H,3-5,8,11-13H2,1-2H3,(H,20,22)(H,23,24)/t14-,18-/m0/s1. The predicted octanol–water partition coefficient (Wildman–Crippen LogP) is 2.02. The largest absolute Gasteiger partial charge is 0.480 e. The Bertz CT molecular complexity index is 755. The van der Waals surface area contributed by atoms with Crippen molar-refractivity contribution in [2.24, 2.45) is 5.92 Å². The zero-order chi connectivity index (χ0) is 20.0. The summed E-state index contributed by atoms with van der Waals surface area (Å²) in [4.78, 5) is 23.6. The van der Waals surface area contributed by atoms with E-state index in [4.69, 9.17) is 0 Å². The van der Waals surface area contributed by atoms with E-state index in [0.717, 1.165) is 18.4 Å². The van der Waals surface area contributed by atoms with Crippen LogP contribution in [0.15, 0.2) is 29.2 Å². The second-order valence-electron chi connectivity index (χ2n) is 7.02. The number of benzene rings is 1. The summed E-state index contributed by atoms with van der Waals surface area (Å²) < 4.78 is 26.5. The van der Waals surface area contributed by atoms with E-state index in [1.54, 1.807) is 31.2 Å². The van der Waals surface area contributed by atoms with E-state index in [1.807, 2.05) is 6.92 Å². The van der Waals surface area contributed by atoms with Crippen LogP contribution in [0.3, 0.4) is 0 Å². The molecular formula is C19H28N2O5S. The van der Waals surface area contributed by atoms with Crippen molar-refractivity contribution in [2.75, 3.05) is 13.1 Å². The molecule has 0 bridgehead atoms. The van der Waals surface area contributed by atoms with Crippen molar-refractivity contribution in [3.8, 4) is 0 Å². The number of amides is 1. The van der Waals surface area contributed by atoms with Crippen molar-refractivity contribution in [2.45, 2.75) is 56.9 Å². The minimum absolute atomic E-state index is 0.151. The summed E-state index contributed by atoms with van der Waals surface area (Å²) in [5.74, 6) is -1.51. The summed E-state index contributed by atoms with van der Waals surface area (Å²) in [6.07, 6.45) is 3.01. The Morgan fingerprint density at radius 2 is 1.78 bits per heavy atom. The topological polar surface area (TPSA) is 104 Å². The molecule has 8 heteroatoms. The smallest absolute Gasteiger partial charge is 0.326 e. The van der Waals surface area contributed by atoms with Gasteiger partial charge in [0.25, 0.3) is 0 Å². The number of carboxylic acid groups (broad SMARTS) is 1. The van der Waals surface area contributed by atoms with Gasteiger partial charge < -0.3 is 10.4 Å². The molecule has 0 aromatic heterocycles. The summed E-state index contributed by atoms with van der Waals surface area (Å²) in [6, 6.07) is 5.66. The number of hydrogen-bond donors (Lipinski definition) is 2. The first kappa shape index (κ1) is 21.4. The van der Waals surface area contributed by atoms with Crippen LogP contribution in [-0.4, -0.2) is 48.8 Å². The van der Waals surface area contributed by atoms with Crippen LogP contribution in [0.4, 0.5) is 0 Å². The van der Waals surface area contributed by atoms with Crippen LogP contribution in [-0.2, 0) is 26.0 Å². The van der Waals surface area contributed by atoms with Gasteiger partial charge in [-0.25, -0.2) is 13.2 Å². The van der Waals surface area contributed by atoms with Gasteiger partial charge in [0.05, 0.1) is 4.90 Å². The first-order valence-electron chi connectivity index (χ1n) is 9.37. The third kappa shape index (κ3) is 5.52. The normalized spacial score (nSPS) is 17.4. The maximum absolute atomic E-state index is 12.5. The molecule has 1 heterocycles. The fraction of sp³-hybridized carbons (Fsp3) is 0.579. The summed E-state index contributed by atoms with van der Waals surface area (Å²) >= 11 is 0. The maximum atomic E-state index is 12.5. The van der Waals surface area contributed by atoms with E-state index < -0.39 is 22.0 Å². The molecule has 2 atom stereocenters. The van der Waals surface area contributed by atoms with E-state index in [-0.39, 0.29) is 23.1 Å². The molecule has 27 heavy (non-hydrogen) atoms. The molecular weight excluding hydrogens is 368 g/mol. The van der Waals surface area contributed by atoms with Gasteiger partial charge in [0, 0.05) is 19.5 Å². The molecule has 1 aliphatic heterocycles. The van der Waals surface area contributed by atoms with Gasteiger partial charge in [-0.15, -0.1) is 0 Å². The monoisotopic (exact) mass is 396 g/mol. The van der Waals surface area contributed by atoms with Crippen molar-refractivity contribution >= 4 is 21.9 Å². The predicted molar refractivity (Wildman–Crippen MR) is 102 cm³/mol. The lowest BCUT2D eigenvalue weighted by molar-refractivity contribution is -0.143. The van der Waals surface area contributed by atoms with Crippen molar-refractivity contribution < 1.29 is 23.1 Å². The zero-order valence-corrected chi connectivity index (χ0v) is 16.7. The zero-order valence-electron chi connectivity index (χ0n) is 15.8. The molecule has 1 fully saturated rings. The minimum atomic E-state index is -3.44. The van der Waals surface area contributed by atoms with Gasteiger partial charge in [-0.3, -0.25) is 4.79 Å². The highest BCUT2D eigenvalue weighted by atomic mass is 32.2. The summed E-state index contributed by atoms with van der Waals surface area (Å²) in [5, 5.41) is 11.8. The molecule has 2 N–H and O–H groups in total. The molecule has 0 unspecified atom stereocenters. The van der Waals surface area contributed by atoms with Crippen LogP contribution in [0.25, 0.3) is 0 Å². The van der Waals surface area contributed by atoms with Crippen LogP contribution in [0.5, 0.6) is 0 Å². The third-order valence-corrected chi connectivity index (χ3v) is 6.98. The molecule has 1 amide bonds. The molecule has 1 aliphatic rings. The maximum Gasteiger partial charge on any atom is 0.326 e. The Morgan fingerprint density at radius 1 is 1.19 bits per heavy atom. The number of aliphatic carboxylic acids is 1. The lowest BCUT2D eigenvalue weighted by atomic mass is 9.99. The van der Waals surface area contributed by atoms with Gasteiger partial charge in [0.15, 0.2) is 0 Å². The summed E-state index contributed by atoms with van der Waals surface area (Å²) in [7, 11) is -3.44. The van der Waals surface area contributed by atoms with Gasteiger partial charge in [0.2, 0.25) is 15.9 Å². The number of aryl methyl sites for hydroxylation is 1. The van der Waals surface area contributed by atoms with Crippen LogP contribution in [0.1, 0.15) is 45.1 Å². The van der Waals surface area contributed by atoms with Gasteiger partial charge >= 0.3 is 5.97 Å². The average molecular weight is 397 g/mol. The molecule has 1 saturated heterocycles. The van der Waals surface area contributed by atoms with Crippen LogP contribution in [0, 0.1) is 5.92 Å². The van der Waals surface area contributed by atoms with Gasteiger partial charge in [-0.1, -0.05) is 32.4 Å². The number of nitrogens with zero attached hydrogens (tertiary/aromatic N) is 1. The molecule has 0 spiro atoms. The molecule has 0 saturated carbocycles. The Balaban J connectivity index is 1.93. The number of sulfonamides is 1. The Hall–Kier alpha value is -1.93. The van der Waals surface area contributed by atoms with Crippen LogP contribution in [0.2, 0.25) is 0 Å². The second-order valence-corrected chi connectivity index (χ2v) is 8.96. The lowest BCUT2D eigenvalue weighted by Gasteiger charge is -2.20. The average Bonchev–Trinajstić information content (AvgIpc) is 3.19. The summed E-state index contributed by atoms with van der Waals surface area (Å²) in [5.41, 5.74) is 0.834. The Morgan fingerprint density at radius 3 is 2.30 bits per heavy atom. The van der Waals surface area contributed by atoms with Gasteiger partial charge in [-0.2, -0.15) is 4.31 Å². The van der Waals surface area contributed by atoms with E-state index >= 15 is 0 Å². The number of carbonyl (C=O) groups is 2. The summed E-state index contributed by atoms with van der Waals surface area (Å²) in [6.45, 7) is 4.79. The highest BCUT2D eigenvalue weighted by Crippen LogP contribution is 2.21. The molecule has 150 valence electrons. The number of rotatable bonds is 9. The molecule has 1 aromatic rings. The lowest BCUT2D eigenvalue weighted by Crippen LogP contribution is -2.45.